The average molecular weight is 686 g/mol. The van der Waals surface area contributed by atoms with Crippen LogP contribution in [0.15, 0.2) is 126 Å². The molecule has 1 aromatic heterocycles. The van der Waals surface area contributed by atoms with E-state index in [9.17, 15) is 23.7 Å². The van der Waals surface area contributed by atoms with Crippen molar-refractivity contribution in [2.24, 2.45) is 0 Å². The summed E-state index contributed by atoms with van der Waals surface area (Å²) in [5.74, 6) is 0. The Bertz CT molecular complexity index is 1890. The van der Waals surface area contributed by atoms with Crippen molar-refractivity contribution in [2.75, 3.05) is 6.61 Å². The largest absolute Gasteiger partial charge is 0.393 e. The Kier molecular flexibility index (Phi) is 9.79. The first-order valence-electron chi connectivity index (χ1n) is 16.3. The summed E-state index contributed by atoms with van der Waals surface area (Å²) in [5.41, 5.74) is 0.235. The zero-order valence-electron chi connectivity index (χ0n) is 27.4. The summed E-state index contributed by atoms with van der Waals surface area (Å²) < 4.78 is 40.8. The maximum atomic E-state index is 13.5. The van der Waals surface area contributed by atoms with E-state index in [2.05, 4.69) is 20.8 Å². The van der Waals surface area contributed by atoms with Gasteiger partial charge in [0.25, 0.3) is 10.0 Å². The number of aliphatic hydroxyl groups excluding tert-OH is 3. The molecule has 0 bridgehead atoms. The topological polar surface area (TPSA) is 118 Å². The standard InChI is InChI=1S/C38H43NO7SSi/c1-38(2,3)48(29-17-9-5-10-18-29,30-19-11-6-12-20-30)36(42)35-33(40)25-34(41)37(46-35)45-24-23-27-26-39(32-22-14-13-21-31(27)32)47(43,44)28-15-7-4-8-16-28/h4-22,26,33-37,40-42H,23-25H2,1-3H3/t33-,34+,35-,36?,37-/m0/s1. The maximum Gasteiger partial charge on any atom is 0.268 e. The predicted molar refractivity (Wildman–Crippen MR) is 190 cm³/mol. The second-order valence-electron chi connectivity index (χ2n) is 13.5. The summed E-state index contributed by atoms with van der Waals surface area (Å²) in [6.45, 7) is 6.47. The summed E-state index contributed by atoms with van der Waals surface area (Å²) >= 11 is 0. The van der Waals surface area contributed by atoms with E-state index in [4.69, 9.17) is 9.47 Å². The number of benzene rings is 4. The molecule has 2 heterocycles. The van der Waals surface area contributed by atoms with E-state index in [1.54, 1.807) is 48.7 Å². The Hall–Kier alpha value is -3.61. The zero-order chi connectivity index (χ0) is 34.1. The summed E-state index contributed by atoms with van der Waals surface area (Å²) in [7, 11) is -6.95. The quantitative estimate of drug-likeness (QED) is 0.188. The van der Waals surface area contributed by atoms with Gasteiger partial charge in [0.05, 0.1) is 28.9 Å². The van der Waals surface area contributed by atoms with E-state index in [-0.39, 0.29) is 17.9 Å². The molecule has 1 unspecified atom stereocenters. The third-order valence-electron chi connectivity index (χ3n) is 9.58. The number of hydrogen-bond donors (Lipinski definition) is 3. The smallest absolute Gasteiger partial charge is 0.268 e. The van der Waals surface area contributed by atoms with E-state index in [0.29, 0.717) is 11.9 Å². The Balaban J connectivity index is 1.26. The summed E-state index contributed by atoms with van der Waals surface area (Å²) in [6, 6.07) is 35.5. The lowest BCUT2D eigenvalue weighted by Gasteiger charge is -2.51. The number of aliphatic hydroxyl groups is 3. The van der Waals surface area contributed by atoms with Gasteiger partial charge in [-0.25, -0.2) is 12.4 Å². The molecule has 252 valence electrons. The van der Waals surface area contributed by atoms with Gasteiger partial charge in [0.1, 0.15) is 12.2 Å². The average Bonchev–Trinajstić information content (AvgIpc) is 3.46. The van der Waals surface area contributed by atoms with Crippen molar-refractivity contribution in [3.05, 3.63) is 127 Å². The molecule has 0 spiro atoms. The second kappa shape index (κ2) is 13.7. The lowest BCUT2D eigenvalue weighted by molar-refractivity contribution is -0.274. The molecule has 1 saturated heterocycles. The molecule has 0 saturated carbocycles. The van der Waals surface area contributed by atoms with E-state index in [0.717, 1.165) is 21.3 Å². The molecule has 3 N–H and O–H groups in total. The summed E-state index contributed by atoms with van der Waals surface area (Å²) in [6.07, 6.45) is -2.45. The van der Waals surface area contributed by atoms with Gasteiger partial charge in [0.2, 0.25) is 0 Å². The monoisotopic (exact) mass is 685 g/mol. The Labute approximate surface area is 283 Å². The fraction of sp³-hybridized carbons (Fsp3) is 0.316. The number of ether oxygens (including phenoxy) is 2. The van der Waals surface area contributed by atoms with Gasteiger partial charge in [0, 0.05) is 18.0 Å². The molecule has 0 aliphatic carbocycles. The minimum absolute atomic E-state index is 0.0285. The molecule has 8 nitrogen and oxygen atoms in total. The number of rotatable bonds is 10. The third kappa shape index (κ3) is 6.18. The highest BCUT2D eigenvalue weighted by Crippen LogP contribution is 2.41. The molecule has 5 aromatic rings. The van der Waals surface area contributed by atoms with Crippen LogP contribution in [0.3, 0.4) is 0 Å². The van der Waals surface area contributed by atoms with Gasteiger partial charge in [-0.15, -0.1) is 0 Å². The highest BCUT2D eigenvalue weighted by atomic mass is 32.2. The molecule has 1 fully saturated rings. The van der Waals surface area contributed by atoms with Crippen LogP contribution >= 0.6 is 0 Å². The van der Waals surface area contributed by atoms with Crippen LogP contribution in [0, 0.1) is 0 Å². The molecule has 0 radical (unpaired) electrons. The van der Waals surface area contributed by atoms with Crippen molar-refractivity contribution in [2.45, 2.75) is 73.9 Å². The van der Waals surface area contributed by atoms with E-state index in [1.165, 1.54) is 3.97 Å². The second-order valence-corrected chi connectivity index (χ2v) is 20.2. The maximum absolute atomic E-state index is 13.5. The Morgan fingerprint density at radius 3 is 1.96 bits per heavy atom. The lowest BCUT2D eigenvalue weighted by Crippen LogP contribution is -2.76. The summed E-state index contributed by atoms with van der Waals surface area (Å²) in [4.78, 5) is 0.191. The van der Waals surface area contributed by atoms with Gasteiger partial charge >= 0.3 is 0 Å². The van der Waals surface area contributed by atoms with Gasteiger partial charge in [-0.1, -0.05) is 128 Å². The molecule has 48 heavy (non-hydrogen) atoms. The Morgan fingerprint density at radius 2 is 1.38 bits per heavy atom. The van der Waals surface area contributed by atoms with Gasteiger partial charge in [-0.3, -0.25) is 0 Å². The highest BCUT2D eigenvalue weighted by molar-refractivity contribution is 7.90. The first kappa shape index (κ1) is 34.3. The van der Waals surface area contributed by atoms with Crippen molar-refractivity contribution in [3.8, 4) is 0 Å². The van der Waals surface area contributed by atoms with Crippen LogP contribution in [0.1, 0.15) is 32.8 Å². The number of para-hydroxylation sites is 1. The van der Waals surface area contributed by atoms with Crippen LogP contribution in [-0.4, -0.2) is 72.7 Å². The first-order valence-corrected chi connectivity index (χ1v) is 19.8. The molecule has 4 aromatic carbocycles. The Morgan fingerprint density at radius 1 is 0.833 bits per heavy atom. The van der Waals surface area contributed by atoms with Gasteiger partial charge in [-0.2, -0.15) is 0 Å². The van der Waals surface area contributed by atoms with Gasteiger partial charge in [-0.05, 0) is 35.2 Å². The minimum atomic E-state index is -3.83. The predicted octanol–water partition coefficient (Wildman–Crippen LogP) is 4.24. The van der Waals surface area contributed by atoms with E-state index in [1.807, 2.05) is 72.8 Å². The molecule has 0 amide bonds. The van der Waals surface area contributed by atoms with Crippen LogP contribution in [0.2, 0.25) is 5.04 Å². The lowest BCUT2D eigenvalue weighted by atomic mass is 10.0. The molecule has 10 heteroatoms. The van der Waals surface area contributed by atoms with Crippen molar-refractivity contribution in [3.63, 3.8) is 0 Å². The number of nitrogens with zero attached hydrogens (tertiary/aromatic N) is 1. The normalized spacial score (nSPS) is 21.3. The van der Waals surface area contributed by atoms with Crippen molar-refractivity contribution >= 4 is 39.4 Å². The molecule has 5 atom stereocenters. The van der Waals surface area contributed by atoms with E-state index >= 15 is 0 Å². The van der Waals surface area contributed by atoms with Crippen LogP contribution < -0.4 is 10.4 Å². The molecule has 6 rings (SSSR count). The molecular weight excluding hydrogens is 643 g/mol. The van der Waals surface area contributed by atoms with Gasteiger partial charge in [0.15, 0.2) is 14.4 Å². The van der Waals surface area contributed by atoms with Crippen LogP contribution in [0.4, 0.5) is 0 Å². The van der Waals surface area contributed by atoms with Gasteiger partial charge < -0.3 is 24.8 Å². The zero-order valence-corrected chi connectivity index (χ0v) is 29.2. The first-order chi connectivity index (χ1) is 23.0. The highest BCUT2D eigenvalue weighted by Gasteiger charge is 2.58. The number of hydrogen-bond acceptors (Lipinski definition) is 7. The van der Waals surface area contributed by atoms with Crippen LogP contribution in [-0.2, 0) is 25.9 Å². The minimum Gasteiger partial charge on any atom is -0.393 e. The summed E-state index contributed by atoms with van der Waals surface area (Å²) in [5, 5.41) is 37.2. The molecular formula is C38H43NO7SSi. The van der Waals surface area contributed by atoms with Crippen molar-refractivity contribution < 1.29 is 33.2 Å². The number of fused-ring (bicyclic) bond motifs is 1. The molecule has 1 aliphatic heterocycles. The van der Waals surface area contributed by atoms with Crippen LogP contribution in [0.5, 0.6) is 0 Å². The molecule has 1 aliphatic rings. The van der Waals surface area contributed by atoms with Crippen molar-refractivity contribution in [1.29, 1.82) is 0 Å². The fourth-order valence-electron chi connectivity index (χ4n) is 7.34. The SMILES string of the molecule is CC(C)(C)[Si](c1ccccc1)(c1ccccc1)C(O)[C@H]1O[C@H](OCCc2cn(S(=O)(=O)c3ccccc3)c3ccccc23)[C@H](O)C[C@@H]1O. The fourth-order valence-corrected chi connectivity index (χ4v) is 14.6. The van der Waals surface area contributed by atoms with Crippen LogP contribution in [0.25, 0.3) is 10.9 Å². The number of aromatic nitrogens is 1. The van der Waals surface area contributed by atoms with Crippen molar-refractivity contribution in [1.82, 2.24) is 3.97 Å². The third-order valence-corrected chi connectivity index (χ3v) is 17.3. The van der Waals surface area contributed by atoms with E-state index < -0.39 is 53.5 Å².